The minimum absolute atomic E-state index is 0.142. The fourth-order valence-corrected chi connectivity index (χ4v) is 2.25. The molecule has 0 bridgehead atoms. The summed E-state index contributed by atoms with van der Waals surface area (Å²) in [5.74, 6) is 0. The number of nitrogens with one attached hydrogen (secondary N) is 1. The SMILES string of the molecule is CN(Cc1ccccc1)C(=O)ONC(=O)N1CCC(N)CC1. The fourth-order valence-electron chi connectivity index (χ4n) is 2.25. The Morgan fingerprint density at radius 2 is 1.95 bits per heavy atom. The number of carbonyl (C=O) groups is 2. The van der Waals surface area contributed by atoms with Crippen LogP contribution in [0.25, 0.3) is 0 Å². The lowest BCUT2D eigenvalue weighted by atomic mass is 10.1. The van der Waals surface area contributed by atoms with Crippen molar-refractivity contribution >= 4 is 12.1 Å². The maximum atomic E-state index is 11.9. The van der Waals surface area contributed by atoms with Crippen molar-refractivity contribution in [2.45, 2.75) is 25.4 Å². The van der Waals surface area contributed by atoms with E-state index in [0.29, 0.717) is 19.6 Å². The number of nitrogens with two attached hydrogens (primary N) is 1. The summed E-state index contributed by atoms with van der Waals surface area (Å²) in [6.07, 6.45) is 0.913. The Balaban J connectivity index is 1.73. The van der Waals surface area contributed by atoms with Crippen molar-refractivity contribution in [2.75, 3.05) is 20.1 Å². The van der Waals surface area contributed by atoms with Gasteiger partial charge in [0.1, 0.15) is 0 Å². The Morgan fingerprint density at radius 1 is 1.32 bits per heavy atom. The van der Waals surface area contributed by atoms with Crippen molar-refractivity contribution in [3.63, 3.8) is 0 Å². The maximum absolute atomic E-state index is 11.9. The zero-order valence-corrected chi connectivity index (χ0v) is 12.7. The summed E-state index contributed by atoms with van der Waals surface area (Å²) in [6, 6.07) is 9.27. The van der Waals surface area contributed by atoms with Crippen molar-refractivity contribution in [1.29, 1.82) is 0 Å². The van der Waals surface area contributed by atoms with E-state index in [1.54, 1.807) is 11.9 Å². The van der Waals surface area contributed by atoms with Gasteiger partial charge in [0.05, 0.1) is 0 Å². The first-order valence-electron chi connectivity index (χ1n) is 7.32. The van der Waals surface area contributed by atoms with Gasteiger partial charge in [-0.15, -0.1) is 0 Å². The number of rotatable bonds is 2. The van der Waals surface area contributed by atoms with Crippen molar-refractivity contribution in [1.82, 2.24) is 15.3 Å². The average Bonchev–Trinajstić information content (AvgIpc) is 2.53. The minimum atomic E-state index is -0.606. The lowest BCUT2D eigenvalue weighted by molar-refractivity contribution is 0.0591. The molecule has 1 aliphatic heterocycles. The normalized spacial score (nSPS) is 15.3. The summed E-state index contributed by atoms with van der Waals surface area (Å²) in [5, 5.41) is 0. The molecule has 0 saturated carbocycles. The molecule has 0 spiro atoms. The van der Waals surface area contributed by atoms with Gasteiger partial charge in [0.25, 0.3) is 0 Å². The molecule has 22 heavy (non-hydrogen) atoms. The Morgan fingerprint density at radius 3 is 2.59 bits per heavy atom. The fraction of sp³-hybridized carbons (Fsp3) is 0.467. The third-order valence-electron chi connectivity index (χ3n) is 3.63. The number of hydrogen-bond donors (Lipinski definition) is 2. The maximum Gasteiger partial charge on any atom is 0.434 e. The molecule has 7 heteroatoms. The van der Waals surface area contributed by atoms with E-state index >= 15 is 0 Å². The first-order valence-corrected chi connectivity index (χ1v) is 7.32. The van der Waals surface area contributed by atoms with E-state index in [4.69, 9.17) is 10.6 Å². The molecule has 1 aromatic carbocycles. The summed E-state index contributed by atoms with van der Waals surface area (Å²) in [7, 11) is 1.61. The van der Waals surface area contributed by atoms with Crippen LogP contribution in [0.15, 0.2) is 30.3 Å². The van der Waals surface area contributed by atoms with Crippen LogP contribution in [0.5, 0.6) is 0 Å². The number of carbonyl (C=O) groups excluding carboxylic acids is 2. The van der Waals surface area contributed by atoms with Crippen LogP contribution in [0, 0.1) is 0 Å². The van der Waals surface area contributed by atoms with Crippen molar-refractivity contribution < 1.29 is 14.4 Å². The van der Waals surface area contributed by atoms with E-state index < -0.39 is 12.1 Å². The van der Waals surface area contributed by atoms with Crippen molar-refractivity contribution in [2.24, 2.45) is 5.73 Å². The topological polar surface area (TPSA) is 87.9 Å². The summed E-state index contributed by atoms with van der Waals surface area (Å²) < 4.78 is 0. The monoisotopic (exact) mass is 306 g/mol. The molecule has 1 saturated heterocycles. The molecule has 0 unspecified atom stereocenters. The standard InChI is InChI=1S/C15H22N4O3/c1-18(11-12-5-3-2-4-6-12)15(21)22-17-14(20)19-9-7-13(16)8-10-19/h2-6,13H,7-11,16H2,1H3,(H,17,20). The van der Waals surface area contributed by atoms with Gasteiger partial charge in [-0.3, -0.25) is 0 Å². The molecule has 1 fully saturated rings. The minimum Gasteiger partial charge on any atom is -0.328 e. The molecular formula is C15H22N4O3. The third kappa shape index (κ3) is 4.63. The predicted molar refractivity (Wildman–Crippen MR) is 81.7 cm³/mol. The highest BCUT2D eigenvalue weighted by atomic mass is 16.7. The molecule has 2 rings (SSSR count). The highest BCUT2D eigenvalue weighted by Crippen LogP contribution is 2.08. The van der Waals surface area contributed by atoms with Crippen LogP contribution >= 0.6 is 0 Å². The van der Waals surface area contributed by atoms with Gasteiger partial charge in [-0.05, 0) is 18.4 Å². The molecule has 120 valence electrons. The molecule has 1 heterocycles. The summed E-state index contributed by atoms with van der Waals surface area (Å²) in [5.41, 5.74) is 8.96. The lowest BCUT2D eigenvalue weighted by Gasteiger charge is -2.29. The predicted octanol–water partition coefficient (Wildman–Crippen LogP) is 1.30. The van der Waals surface area contributed by atoms with Gasteiger partial charge in [0.2, 0.25) is 0 Å². The number of hydrogen-bond acceptors (Lipinski definition) is 4. The first kappa shape index (κ1) is 16.1. The number of hydroxylamine groups is 1. The van der Waals surface area contributed by atoms with Crippen LogP contribution in [-0.2, 0) is 11.4 Å². The number of benzene rings is 1. The zero-order valence-electron chi connectivity index (χ0n) is 12.7. The second-order valence-electron chi connectivity index (χ2n) is 5.44. The number of nitrogens with zero attached hydrogens (tertiary/aromatic N) is 2. The van der Waals surface area contributed by atoms with Crippen molar-refractivity contribution in [3.8, 4) is 0 Å². The molecule has 3 amide bonds. The molecule has 7 nitrogen and oxygen atoms in total. The number of likely N-dealkylation sites (tertiary alicyclic amines) is 1. The number of urea groups is 1. The van der Waals surface area contributed by atoms with Gasteiger partial charge in [-0.25, -0.2) is 9.59 Å². The van der Waals surface area contributed by atoms with Gasteiger partial charge >= 0.3 is 12.1 Å². The quantitative estimate of drug-likeness (QED) is 0.806. The molecule has 1 aliphatic rings. The first-order chi connectivity index (χ1) is 10.6. The van der Waals surface area contributed by atoms with Crippen molar-refractivity contribution in [3.05, 3.63) is 35.9 Å². The summed E-state index contributed by atoms with van der Waals surface area (Å²) in [6.45, 7) is 1.56. The molecule has 0 radical (unpaired) electrons. The molecular weight excluding hydrogens is 284 g/mol. The van der Waals surface area contributed by atoms with E-state index in [-0.39, 0.29) is 6.04 Å². The Bertz CT molecular complexity index is 501. The number of piperidine rings is 1. The molecule has 1 aromatic rings. The summed E-state index contributed by atoms with van der Waals surface area (Å²) >= 11 is 0. The Labute approximate surface area is 130 Å². The van der Waals surface area contributed by atoms with Crippen LogP contribution in [0.3, 0.4) is 0 Å². The second-order valence-corrected chi connectivity index (χ2v) is 5.44. The Kier molecular flexibility index (Phi) is 5.60. The highest BCUT2D eigenvalue weighted by molar-refractivity contribution is 5.76. The summed E-state index contributed by atoms with van der Waals surface area (Å²) in [4.78, 5) is 31.5. The average molecular weight is 306 g/mol. The van der Waals surface area contributed by atoms with E-state index in [2.05, 4.69) is 5.48 Å². The lowest BCUT2D eigenvalue weighted by Crippen LogP contribution is -2.48. The van der Waals surface area contributed by atoms with E-state index in [1.807, 2.05) is 30.3 Å². The van der Waals surface area contributed by atoms with Crippen LogP contribution in [-0.4, -0.2) is 48.1 Å². The van der Waals surface area contributed by atoms with Gasteiger partial charge < -0.3 is 20.4 Å². The highest BCUT2D eigenvalue weighted by Gasteiger charge is 2.22. The molecule has 0 aliphatic carbocycles. The van der Waals surface area contributed by atoms with Crippen LogP contribution in [0.4, 0.5) is 9.59 Å². The zero-order chi connectivity index (χ0) is 15.9. The molecule has 3 N–H and O–H groups in total. The largest absolute Gasteiger partial charge is 0.434 e. The van der Waals surface area contributed by atoms with Gasteiger partial charge in [-0.2, -0.15) is 5.48 Å². The van der Waals surface area contributed by atoms with Gasteiger partial charge in [-0.1, -0.05) is 30.3 Å². The smallest absolute Gasteiger partial charge is 0.328 e. The molecule has 0 atom stereocenters. The third-order valence-corrected chi connectivity index (χ3v) is 3.63. The second kappa shape index (κ2) is 7.65. The van der Waals surface area contributed by atoms with E-state index in [9.17, 15) is 9.59 Å². The van der Waals surface area contributed by atoms with Crippen LogP contribution < -0.4 is 11.2 Å². The number of amides is 3. The Hall–Kier alpha value is -2.28. The van der Waals surface area contributed by atoms with Gasteiger partial charge in [0.15, 0.2) is 0 Å². The molecule has 0 aromatic heterocycles. The van der Waals surface area contributed by atoms with Crippen LogP contribution in [0.2, 0.25) is 0 Å². The van der Waals surface area contributed by atoms with E-state index in [1.165, 1.54) is 4.90 Å². The van der Waals surface area contributed by atoms with Crippen LogP contribution in [0.1, 0.15) is 18.4 Å². The van der Waals surface area contributed by atoms with Gasteiger partial charge in [0, 0.05) is 32.7 Å². The van der Waals surface area contributed by atoms with E-state index in [0.717, 1.165) is 18.4 Å².